The Labute approximate surface area is 124 Å². The van der Waals surface area contributed by atoms with E-state index in [2.05, 4.69) is 21.2 Å². The number of carbonyl (C=O) groups is 1. The summed E-state index contributed by atoms with van der Waals surface area (Å²) in [6, 6.07) is 5.66. The van der Waals surface area contributed by atoms with Crippen molar-refractivity contribution in [3.63, 3.8) is 0 Å². The highest BCUT2D eigenvalue weighted by Crippen LogP contribution is 2.23. The Morgan fingerprint density at radius 3 is 2.84 bits per heavy atom. The summed E-state index contributed by atoms with van der Waals surface area (Å²) in [6.07, 6.45) is 1.64. The number of carbonyl (C=O) groups excluding carboxylic acids is 1. The van der Waals surface area contributed by atoms with E-state index in [4.69, 9.17) is 4.42 Å². The standard InChI is InChI=1S/C13H15BrN2O2S/c1-16(2)10(11-4-3-6-18-11)8-15-13(17)12-9(14)5-7-19-12/h3-7,10H,8H2,1-2H3,(H,15,17)/t10-/m0/s1. The van der Waals surface area contributed by atoms with Gasteiger partial charge in [-0.25, -0.2) is 0 Å². The zero-order chi connectivity index (χ0) is 13.8. The van der Waals surface area contributed by atoms with E-state index >= 15 is 0 Å². The van der Waals surface area contributed by atoms with Crippen molar-refractivity contribution in [2.45, 2.75) is 6.04 Å². The SMILES string of the molecule is CN(C)[C@@H](CNC(=O)c1sccc1Br)c1ccco1. The minimum absolute atomic E-state index is 0.0256. The first kappa shape index (κ1) is 14.3. The summed E-state index contributed by atoms with van der Waals surface area (Å²) in [4.78, 5) is 14.8. The summed E-state index contributed by atoms with van der Waals surface area (Å²) >= 11 is 4.78. The molecular formula is C13H15BrN2O2S. The van der Waals surface area contributed by atoms with E-state index in [1.165, 1.54) is 11.3 Å². The van der Waals surface area contributed by atoms with Gasteiger partial charge in [-0.05, 0) is 53.6 Å². The van der Waals surface area contributed by atoms with Gasteiger partial charge in [0.15, 0.2) is 0 Å². The van der Waals surface area contributed by atoms with Gasteiger partial charge < -0.3 is 9.73 Å². The van der Waals surface area contributed by atoms with Crippen LogP contribution in [0.1, 0.15) is 21.5 Å². The lowest BCUT2D eigenvalue weighted by molar-refractivity contribution is 0.0942. The third-order valence-corrected chi connectivity index (χ3v) is 4.61. The second-order valence-corrected chi connectivity index (χ2v) is 6.07. The first-order chi connectivity index (χ1) is 9.09. The lowest BCUT2D eigenvalue weighted by Crippen LogP contribution is -2.34. The molecule has 1 N–H and O–H groups in total. The van der Waals surface area contributed by atoms with Gasteiger partial charge in [-0.2, -0.15) is 0 Å². The Morgan fingerprint density at radius 1 is 1.53 bits per heavy atom. The maximum absolute atomic E-state index is 12.0. The smallest absolute Gasteiger partial charge is 0.262 e. The van der Waals surface area contributed by atoms with Crippen LogP contribution >= 0.6 is 27.3 Å². The van der Waals surface area contributed by atoms with Gasteiger partial charge in [0, 0.05) is 11.0 Å². The van der Waals surface area contributed by atoms with Crippen LogP contribution in [0.3, 0.4) is 0 Å². The van der Waals surface area contributed by atoms with Crippen LogP contribution in [0.25, 0.3) is 0 Å². The molecule has 0 fully saturated rings. The number of thiophene rings is 1. The third-order valence-electron chi connectivity index (χ3n) is 2.77. The molecule has 0 aliphatic heterocycles. The van der Waals surface area contributed by atoms with Gasteiger partial charge in [-0.15, -0.1) is 11.3 Å². The molecule has 0 aromatic carbocycles. The molecule has 0 radical (unpaired) electrons. The molecule has 2 aromatic heterocycles. The third kappa shape index (κ3) is 3.46. The highest BCUT2D eigenvalue weighted by molar-refractivity contribution is 9.10. The molecule has 1 atom stereocenters. The van der Waals surface area contributed by atoms with E-state index in [1.807, 2.05) is 42.6 Å². The topological polar surface area (TPSA) is 45.5 Å². The van der Waals surface area contributed by atoms with Crippen LogP contribution in [0.15, 0.2) is 38.7 Å². The molecule has 0 unspecified atom stereocenters. The Bertz CT molecular complexity index is 537. The zero-order valence-corrected chi connectivity index (χ0v) is 13.1. The summed E-state index contributed by atoms with van der Waals surface area (Å²) < 4.78 is 6.23. The van der Waals surface area contributed by atoms with Crippen LogP contribution in [-0.2, 0) is 0 Å². The number of hydrogen-bond donors (Lipinski definition) is 1. The highest BCUT2D eigenvalue weighted by Gasteiger charge is 2.19. The average molecular weight is 343 g/mol. The lowest BCUT2D eigenvalue weighted by Gasteiger charge is -2.22. The molecule has 1 amide bonds. The van der Waals surface area contributed by atoms with E-state index in [0.717, 1.165) is 10.2 Å². The summed E-state index contributed by atoms with van der Waals surface area (Å²) in [5.74, 6) is 0.774. The fourth-order valence-electron chi connectivity index (χ4n) is 1.74. The van der Waals surface area contributed by atoms with Gasteiger partial charge in [0.1, 0.15) is 10.6 Å². The monoisotopic (exact) mass is 342 g/mol. The van der Waals surface area contributed by atoms with Crippen molar-refractivity contribution in [3.8, 4) is 0 Å². The number of hydrogen-bond acceptors (Lipinski definition) is 4. The van der Waals surface area contributed by atoms with Crippen molar-refractivity contribution in [2.24, 2.45) is 0 Å². The number of nitrogens with zero attached hydrogens (tertiary/aromatic N) is 1. The minimum atomic E-state index is -0.0692. The first-order valence-electron chi connectivity index (χ1n) is 5.80. The second kappa shape index (κ2) is 6.36. The minimum Gasteiger partial charge on any atom is -0.468 e. The van der Waals surface area contributed by atoms with Crippen LogP contribution in [0.5, 0.6) is 0 Å². The van der Waals surface area contributed by atoms with Crippen molar-refractivity contribution >= 4 is 33.2 Å². The summed E-state index contributed by atoms with van der Waals surface area (Å²) in [7, 11) is 3.92. The Hall–Kier alpha value is -1.11. The molecule has 0 aliphatic rings. The van der Waals surface area contributed by atoms with E-state index in [0.29, 0.717) is 11.4 Å². The number of rotatable bonds is 5. The molecule has 2 heterocycles. The summed E-state index contributed by atoms with van der Waals surface area (Å²) in [6.45, 7) is 0.504. The van der Waals surface area contributed by atoms with Crippen molar-refractivity contribution in [3.05, 3.63) is 45.0 Å². The molecule has 2 rings (SSSR count). The summed E-state index contributed by atoms with van der Waals surface area (Å²) in [5.41, 5.74) is 0. The van der Waals surface area contributed by atoms with Crippen LogP contribution in [-0.4, -0.2) is 31.4 Å². The largest absolute Gasteiger partial charge is 0.468 e. The van der Waals surface area contributed by atoms with E-state index in [-0.39, 0.29) is 11.9 Å². The molecule has 19 heavy (non-hydrogen) atoms. The Kier molecular flexibility index (Phi) is 4.79. The zero-order valence-electron chi connectivity index (χ0n) is 10.7. The predicted octanol–water partition coefficient (Wildman–Crippen LogP) is 3.14. The molecule has 0 aliphatic carbocycles. The average Bonchev–Trinajstić information content (AvgIpc) is 3.00. The van der Waals surface area contributed by atoms with Crippen LogP contribution in [0.2, 0.25) is 0 Å². The van der Waals surface area contributed by atoms with Gasteiger partial charge in [-0.1, -0.05) is 0 Å². The van der Waals surface area contributed by atoms with Gasteiger partial charge in [0.2, 0.25) is 0 Å². The highest BCUT2D eigenvalue weighted by atomic mass is 79.9. The normalized spacial score (nSPS) is 12.6. The molecule has 6 heteroatoms. The van der Waals surface area contributed by atoms with E-state index < -0.39 is 0 Å². The van der Waals surface area contributed by atoms with Gasteiger partial charge >= 0.3 is 0 Å². The van der Waals surface area contributed by atoms with Gasteiger partial charge in [-0.3, -0.25) is 9.69 Å². The molecule has 0 saturated heterocycles. The fraction of sp³-hybridized carbons (Fsp3) is 0.308. The number of nitrogens with one attached hydrogen (secondary N) is 1. The molecule has 4 nitrogen and oxygen atoms in total. The Balaban J connectivity index is 2.00. The van der Waals surface area contributed by atoms with Crippen LogP contribution < -0.4 is 5.32 Å². The second-order valence-electron chi connectivity index (χ2n) is 4.30. The van der Waals surface area contributed by atoms with Crippen LogP contribution in [0.4, 0.5) is 0 Å². The predicted molar refractivity (Wildman–Crippen MR) is 79.5 cm³/mol. The maximum Gasteiger partial charge on any atom is 0.262 e. The fourth-order valence-corrected chi connectivity index (χ4v) is 3.21. The number of likely N-dealkylation sites (N-methyl/N-ethyl adjacent to an activating group) is 1. The Morgan fingerprint density at radius 2 is 2.32 bits per heavy atom. The van der Waals surface area contributed by atoms with Crippen molar-refractivity contribution in [1.82, 2.24) is 10.2 Å². The van der Waals surface area contributed by atoms with E-state index in [9.17, 15) is 4.79 Å². The molecule has 0 bridgehead atoms. The van der Waals surface area contributed by atoms with Gasteiger partial charge in [0.25, 0.3) is 5.91 Å². The number of furan rings is 1. The number of amides is 1. The summed E-state index contributed by atoms with van der Waals surface area (Å²) in [5, 5.41) is 4.82. The lowest BCUT2D eigenvalue weighted by atomic mass is 10.2. The molecule has 2 aromatic rings. The van der Waals surface area contributed by atoms with Crippen molar-refractivity contribution < 1.29 is 9.21 Å². The van der Waals surface area contributed by atoms with E-state index in [1.54, 1.807) is 6.26 Å². The first-order valence-corrected chi connectivity index (χ1v) is 7.48. The quantitative estimate of drug-likeness (QED) is 0.907. The van der Waals surface area contributed by atoms with Crippen molar-refractivity contribution in [1.29, 1.82) is 0 Å². The van der Waals surface area contributed by atoms with Crippen molar-refractivity contribution in [2.75, 3.05) is 20.6 Å². The molecule has 0 spiro atoms. The molecule has 0 saturated carbocycles. The maximum atomic E-state index is 12.0. The molecule has 102 valence electrons. The number of halogens is 1. The van der Waals surface area contributed by atoms with Gasteiger partial charge in [0.05, 0.1) is 12.3 Å². The van der Waals surface area contributed by atoms with Crippen LogP contribution in [0, 0.1) is 0 Å². The molecular weight excluding hydrogens is 328 g/mol.